The first-order valence-corrected chi connectivity index (χ1v) is 10.6. The van der Waals surface area contributed by atoms with E-state index in [1.165, 1.54) is 17.3 Å². The smallest absolute Gasteiger partial charge is 0.233 e. The summed E-state index contributed by atoms with van der Waals surface area (Å²) in [4.78, 5) is 17.2. The lowest BCUT2D eigenvalue weighted by Gasteiger charge is -2.10. The van der Waals surface area contributed by atoms with Gasteiger partial charge >= 0.3 is 0 Å². The lowest BCUT2D eigenvalue weighted by atomic mass is 10.1. The van der Waals surface area contributed by atoms with Gasteiger partial charge in [-0.15, -0.1) is 5.10 Å². The van der Waals surface area contributed by atoms with Gasteiger partial charge in [-0.2, -0.15) is 0 Å². The Labute approximate surface area is 169 Å². The maximum atomic E-state index is 12.5. The van der Waals surface area contributed by atoms with E-state index in [9.17, 15) is 4.79 Å². The predicted octanol–water partition coefficient (Wildman–Crippen LogP) is 3.98. The van der Waals surface area contributed by atoms with Crippen LogP contribution in [0.15, 0.2) is 65.8 Å². The van der Waals surface area contributed by atoms with Crippen molar-refractivity contribution in [1.29, 1.82) is 0 Å². The van der Waals surface area contributed by atoms with Crippen LogP contribution < -0.4 is 5.32 Å². The standard InChI is InChI=1S/C22H24N4OS/c1-16(21(27)23-15-14-17-8-4-2-5-9-17)28-22-24-20(18-12-13-18)26(25-22)19-10-6-3-7-11-19/h2-11,16,18H,12-15H2,1H3,(H,23,27)/t16-/m0/s1. The molecule has 3 aromatic rings. The highest BCUT2D eigenvalue weighted by Gasteiger charge is 2.31. The molecule has 6 heteroatoms. The van der Waals surface area contributed by atoms with Crippen LogP contribution in [0.4, 0.5) is 0 Å². The number of nitrogens with one attached hydrogen (secondary N) is 1. The Morgan fingerprint density at radius 1 is 1.14 bits per heavy atom. The van der Waals surface area contributed by atoms with E-state index in [-0.39, 0.29) is 11.2 Å². The molecule has 1 fully saturated rings. The molecule has 1 saturated carbocycles. The zero-order chi connectivity index (χ0) is 19.3. The van der Waals surface area contributed by atoms with E-state index in [2.05, 4.69) is 22.5 Å². The Hall–Kier alpha value is -2.60. The molecule has 1 amide bonds. The zero-order valence-electron chi connectivity index (χ0n) is 15.9. The lowest BCUT2D eigenvalue weighted by molar-refractivity contribution is -0.120. The number of carbonyl (C=O) groups is 1. The molecule has 1 atom stereocenters. The number of nitrogens with zero attached hydrogens (tertiary/aromatic N) is 3. The Balaban J connectivity index is 1.37. The van der Waals surface area contributed by atoms with Crippen LogP contribution in [0, 0.1) is 0 Å². The molecule has 1 N–H and O–H groups in total. The van der Waals surface area contributed by atoms with Crippen LogP contribution in [0.2, 0.25) is 0 Å². The number of amides is 1. The van der Waals surface area contributed by atoms with Gasteiger partial charge in [0.2, 0.25) is 11.1 Å². The number of benzene rings is 2. The molecular formula is C22H24N4OS. The molecule has 0 saturated heterocycles. The first-order valence-electron chi connectivity index (χ1n) is 9.71. The SMILES string of the molecule is C[C@H](Sc1nc(C2CC2)n(-c2ccccc2)n1)C(=O)NCCc1ccccc1. The van der Waals surface area contributed by atoms with Gasteiger partial charge in [-0.1, -0.05) is 60.3 Å². The molecule has 5 nitrogen and oxygen atoms in total. The summed E-state index contributed by atoms with van der Waals surface area (Å²) >= 11 is 1.42. The number of carbonyl (C=O) groups excluding carboxylic acids is 1. The molecule has 1 aliphatic carbocycles. The molecule has 0 spiro atoms. The molecule has 1 heterocycles. The molecule has 0 radical (unpaired) electrons. The van der Waals surface area contributed by atoms with E-state index in [4.69, 9.17) is 4.98 Å². The molecule has 0 aliphatic heterocycles. The maximum Gasteiger partial charge on any atom is 0.233 e. The summed E-state index contributed by atoms with van der Waals surface area (Å²) in [5, 5.41) is 8.12. The van der Waals surface area contributed by atoms with Gasteiger partial charge < -0.3 is 5.32 Å². The summed E-state index contributed by atoms with van der Waals surface area (Å²) in [6.07, 6.45) is 3.15. The van der Waals surface area contributed by atoms with Gasteiger partial charge in [-0.25, -0.2) is 9.67 Å². The van der Waals surface area contributed by atoms with E-state index in [1.54, 1.807) is 0 Å². The van der Waals surface area contributed by atoms with Crippen LogP contribution in [0.3, 0.4) is 0 Å². The molecule has 1 aliphatic rings. The Kier molecular flexibility index (Phi) is 5.76. The van der Waals surface area contributed by atoms with Gasteiger partial charge in [0, 0.05) is 12.5 Å². The first kappa shape index (κ1) is 18.7. The van der Waals surface area contributed by atoms with Crippen molar-refractivity contribution >= 4 is 17.7 Å². The summed E-state index contributed by atoms with van der Waals surface area (Å²) in [7, 11) is 0. The van der Waals surface area contributed by atoms with E-state index >= 15 is 0 Å². The van der Waals surface area contributed by atoms with Gasteiger partial charge in [0.15, 0.2) is 0 Å². The minimum absolute atomic E-state index is 0.0185. The number of para-hydroxylation sites is 1. The summed E-state index contributed by atoms with van der Waals surface area (Å²) in [5.74, 6) is 1.51. The normalized spacial score (nSPS) is 14.6. The second-order valence-corrected chi connectivity index (χ2v) is 8.37. The zero-order valence-corrected chi connectivity index (χ0v) is 16.7. The fourth-order valence-corrected chi connectivity index (χ4v) is 3.83. The first-order chi connectivity index (χ1) is 13.7. The number of aromatic nitrogens is 3. The van der Waals surface area contributed by atoms with E-state index < -0.39 is 0 Å². The van der Waals surface area contributed by atoms with Crippen LogP contribution in [-0.4, -0.2) is 32.5 Å². The van der Waals surface area contributed by atoms with Crippen LogP contribution in [0.5, 0.6) is 0 Å². The van der Waals surface area contributed by atoms with Crippen molar-refractivity contribution in [2.45, 2.75) is 42.5 Å². The van der Waals surface area contributed by atoms with Gasteiger partial charge in [0.25, 0.3) is 0 Å². The highest BCUT2D eigenvalue weighted by atomic mass is 32.2. The van der Waals surface area contributed by atoms with Crippen molar-refractivity contribution in [1.82, 2.24) is 20.1 Å². The van der Waals surface area contributed by atoms with Crippen molar-refractivity contribution in [3.63, 3.8) is 0 Å². The minimum Gasteiger partial charge on any atom is -0.355 e. The summed E-state index contributed by atoms with van der Waals surface area (Å²) in [6.45, 7) is 2.54. The van der Waals surface area contributed by atoms with Crippen LogP contribution in [0.25, 0.3) is 5.69 Å². The summed E-state index contributed by atoms with van der Waals surface area (Å²) in [5.41, 5.74) is 2.24. The fraction of sp³-hybridized carbons (Fsp3) is 0.318. The van der Waals surface area contributed by atoms with Gasteiger partial charge in [0.05, 0.1) is 10.9 Å². The van der Waals surface area contributed by atoms with Crippen LogP contribution in [0.1, 0.15) is 37.1 Å². The molecule has 4 rings (SSSR count). The monoisotopic (exact) mass is 392 g/mol. The Morgan fingerprint density at radius 3 is 2.50 bits per heavy atom. The molecule has 1 aromatic heterocycles. The highest BCUT2D eigenvalue weighted by molar-refractivity contribution is 8.00. The fourth-order valence-electron chi connectivity index (χ4n) is 3.05. The predicted molar refractivity (Wildman–Crippen MR) is 112 cm³/mol. The molecule has 0 bridgehead atoms. The van der Waals surface area contributed by atoms with Gasteiger partial charge in [-0.3, -0.25) is 4.79 Å². The maximum absolute atomic E-state index is 12.5. The highest BCUT2D eigenvalue weighted by Crippen LogP contribution is 2.40. The van der Waals surface area contributed by atoms with Crippen molar-refractivity contribution in [2.75, 3.05) is 6.54 Å². The number of hydrogen-bond donors (Lipinski definition) is 1. The molecular weight excluding hydrogens is 368 g/mol. The van der Waals surface area contributed by atoms with Crippen molar-refractivity contribution in [2.24, 2.45) is 0 Å². The Bertz CT molecular complexity index is 922. The van der Waals surface area contributed by atoms with E-state index in [0.29, 0.717) is 17.6 Å². The second kappa shape index (κ2) is 8.61. The number of rotatable bonds is 8. The molecule has 0 unspecified atom stereocenters. The van der Waals surface area contributed by atoms with Crippen molar-refractivity contribution < 1.29 is 4.79 Å². The summed E-state index contributed by atoms with van der Waals surface area (Å²) in [6, 6.07) is 20.3. The lowest BCUT2D eigenvalue weighted by Crippen LogP contribution is -2.32. The molecule has 2 aromatic carbocycles. The molecule has 144 valence electrons. The largest absolute Gasteiger partial charge is 0.355 e. The van der Waals surface area contributed by atoms with Gasteiger partial charge in [0.1, 0.15) is 5.82 Å². The average Bonchev–Trinajstić information content (AvgIpc) is 3.49. The quantitative estimate of drug-likeness (QED) is 0.589. The second-order valence-electron chi connectivity index (χ2n) is 7.06. The number of thioether (sulfide) groups is 1. The number of hydrogen-bond acceptors (Lipinski definition) is 4. The topological polar surface area (TPSA) is 59.8 Å². The van der Waals surface area contributed by atoms with Crippen LogP contribution in [-0.2, 0) is 11.2 Å². The third kappa shape index (κ3) is 4.62. The average molecular weight is 393 g/mol. The third-order valence-corrected chi connectivity index (χ3v) is 5.71. The van der Waals surface area contributed by atoms with E-state index in [1.807, 2.05) is 60.1 Å². The van der Waals surface area contributed by atoms with Gasteiger partial charge in [-0.05, 0) is 43.9 Å². The third-order valence-electron chi connectivity index (χ3n) is 4.76. The molecule has 28 heavy (non-hydrogen) atoms. The minimum atomic E-state index is -0.241. The summed E-state index contributed by atoms with van der Waals surface area (Å²) < 4.78 is 1.93. The van der Waals surface area contributed by atoms with Crippen molar-refractivity contribution in [3.05, 3.63) is 72.1 Å². The van der Waals surface area contributed by atoms with Crippen LogP contribution >= 0.6 is 11.8 Å². The van der Waals surface area contributed by atoms with E-state index in [0.717, 1.165) is 30.8 Å². The Morgan fingerprint density at radius 2 is 1.82 bits per heavy atom. The van der Waals surface area contributed by atoms with Crippen molar-refractivity contribution in [3.8, 4) is 5.69 Å².